The first kappa shape index (κ1) is 18.2. The van der Waals surface area contributed by atoms with Gasteiger partial charge in [-0.2, -0.15) is 5.26 Å². The van der Waals surface area contributed by atoms with E-state index < -0.39 is 0 Å². The quantitative estimate of drug-likeness (QED) is 0.528. The molecule has 1 N–H and O–H groups in total. The summed E-state index contributed by atoms with van der Waals surface area (Å²) in [5.74, 6) is 0. The molecule has 0 saturated heterocycles. The Labute approximate surface area is 162 Å². The summed E-state index contributed by atoms with van der Waals surface area (Å²) < 4.78 is 0. The molecule has 3 rings (SSSR count). The second-order valence-electron chi connectivity index (χ2n) is 5.87. The normalized spacial score (nSPS) is 11.2. The van der Waals surface area contributed by atoms with Gasteiger partial charge in [-0.25, -0.2) is 4.98 Å². The van der Waals surface area contributed by atoms with E-state index in [0.717, 1.165) is 28.9 Å². The van der Waals surface area contributed by atoms with E-state index in [2.05, 4.69) is 47.6 Å². The van der Waals surface area contributed by atoms with Crippen LogP contribution in [0.25, 0.3) is 16.8 Å². The number of hydrogen-bond donors (Lipinski definition) is 1. The summed E-state index contributed by atoms with van der Waals surface area (Å²) in [6.07, 6.45) is 2.68. The number of allylic oxidation sites excluding steroid dienone is 1. The first-order valence-corrected chi connectivity index (χ1v) is 9.54. The molecule has 0 saturated carbocycles. The molecule has 2 aromatic carbocycles. The molecule has 1 heterocycles. The van der Waals surface area contributed by atoms with Gasteiger partial charge in [0.15, 0.2) is 0 Å². The Hall–Kier alpha value is -2.61. The summed E-state index contributed by atoms with van der Waals surface area (Å²) in [5, 5.41) is 16.0. The lowest BCUT2D eigenvalue weighted by Gasteiger charge is -2.04. The second-order valence-corrected chi connectivity index (χ2v) is 7.13. The zero-order valence-corrected chi connectivity index (χ0v) is 16.2. The lowest BCUT2D eigenvalue weighted by atomic mass is 10.1. The Morgan fingerprint density at radius 2 is 2.04 bits per heavy atom. The Morgan fingerprint density at radius 1 is 1.27 bits per heavy atom. The van der Waals surface area contributed by atoms with Gasteiger partial charge in [-0.3, -0.25) is 0 Å². The highest BCUT2D eigenvalue weighted by molar-refractivity contribution is 7.11. The third-order valence-electron chi connectivity index (χ3n) is 4.07. The Balaban J connectivity index is 1.81. The van der Waals surface area contributed by atoms with E-state index >= 15 is 0 Å². The van der Waals surface area contributed by atoms with Crippen LogP contribution in [0, 0.1) is 18.3 Å². The van der Waals surface area contributed by atoms with E-state index in [1.807, 2.05) is 30.5 Å². The molecule has 5 heteroatoms. The fourth-order valence-electron chi connectivity index (χ4n) is 2.42. The highest BCUT2D eigenvalue weighted by atomic mass is 35.5. The lowest BCUT2D eigenvalue weighted by molar-refractivity contribution is 1.14. The van der Waals surface area contributed by atoms with Gasteiger partial charge >= 0.3 is 0 Å². The summed E-state index contributed by atoms with van der Waals surface area (Å²) in [6, 6.07) is 16.3. The van der Waals surface area contributed by atoms with Crippen molar-refractivity contribution in [3.63, 3.8) is 0 Å². The van der Waals surface area contributed by atoms with Crippen LogP contribution in [-0.4, -0.2) is 4.98 Å². The van der Waals surface area contributed by atoms with Crippen LogP contribution in [0.2, 0.25) is 5.02 Å². The van der Waals surface area contributed by atoms with Gasteiger partial charge in [0.2, 0.25) is 0 Å². The SMILES string of the molecule is CCc1ccc(-c2csc(C(C#N)=CNc3ccc(C)c(Cl)c3)n2)cc1. The molecule has 0 aliphatic heterocycles. The van der Waals surface area contributed by atoms with Crippen LogP contribution < -0.4 is 5.32 Å². The zero-order chi connectivity index (χ0) is 18.5. The molecule has 0 atom stereocenters. The number of thiazole rings is 1. The van der Waals surface area contributed by atoms with Crippen molar-refractivity contribution in [2.75, 3.05) is 5.32 Å². The predicted octanol–water partition coefficient (Wildman–Crippen LogP) is 6.31. The van der Waals surface area contributed by atoms with Gasteiger partial charge < -0.3 is 5.32 Å². The summed E-state index contributed by atoms with van der Waals surface area (Å²) in [7, 11) is 0. The van der Waals surface area contributed by atoms with Gasteiger partial charge in [0.25, 0.3) is 0 Å². The van der Waals surface area contributed by atoms with Crippen LogP contribution in [0.3, 0.4) is 0 Å². The molecule has 0 amide bonds. The number of benzene rings is 2. The van der Waals surface area contributed by atoms with Crippen LogP contribution in [0.1, 0.15) is 23.1 Å². The minimum Gasteiger partial charge on any atom is -0.360 e. The van der Waals surface area contributed by atoms with Gasteiger partial charge in [0.05, 0.1) is 5.69 Å². The number of halogens is 1. The van der Waals surface area contributed by atoms with Crippen molar-refractivity contribution in [3.8, 4) is 17.3 Å². The lowest BCUT2D eigenvalue weighted by Crippen LogP contribution is -1.91. The Kier molecular flexibility index (Phi) is 5.72. The third-order valence-corrected chi connectivity index (χ3v) is 5.35. The molecule has 0 aliphatic carbocycles. The zero-order valence-electron chi connectivity index (χ0n) is 14.6. The number of hydrogen-bond acceptors (Lipinski definition) is 4. The van der Waals surface area contributed by atoms with E-state index in [1.54, 1.807) is 6.20 Å². The molecule has 3 nitrogen and oxygen atoms in total. The van der Waals surface area contributed by atoms with Crippen molar-refractivity contribution in [1.82, 2.24) is 4.98 Å². The van der Waals surface area contributed by atoms with E-state index in [-0.39, 0.29) is 0 Å². The summed E-state index contributed by atoms with van der Waals surface area (Å²) >= 11 is 7.60. The molecular weight excluding hydrogens is 362 g/mol. The van der Waals surface area contributed by atoms with Gasteiger partial charge in [-0.1, -0.05) is 48.9 Å². The summed E-state index contributed by atoms with van der Waals surface area (Å²) in [4.78, 5) is 4.61. The smallest absolute Gasteiger partial charge is 0.136 e. The van der Waals surface area contributed by atoms with Crippen LogP contribution in [-0.2, 0) is 6.42 Å². The first-order chi connectivity index (χ1) is 12.6. The fourth-order valence-corrected chi connectivity index (χ4v) is 3.40. The maximum atomic E-state index is 9.49. The van der Waals surface area contributed by atoms with E-state index in [9.17, 15) is 5.26 Å². The van der Waals surface area contributed by atoms with Crippen LogP contribution in [0.5, 0.6) is 0 Å². The third kappa shape index (κ3) is 4.13. The molecule has 0 spiro atoms. The standard InChI is InChI=1S/C21H18ClN3S/c1-3-15-5-7-16(8-6-15)20-13-26-21(25-20)17(11-23)12-24-18-9-4-14(2)19(22)10-18/h4-10,12-13,24H,3H2,1-2H3. The molecule has 3 aromatic rings. The molecule has 130 valence electrons. The van der Waals surface area contributed by atoms with Gasteiger partial charge in [-0.05, 0) is 36.6 Å². The molecule has 0 fully saturated rings. The van der Waals surface area contributed by atoms with E-state index in [0.29, 0.717) is 15.6 Å². The second kappa shape index (κ2) is 8.18. The monoisotopic (exact) mass is 379 g/mol. The van der Waals surface area contributed by atoms with Crippen LogP contribution in [0.15, 0.2) is 54.0 Å². The summed E-state index contributed by atoms with van der Waals surface area (Å²) in [6.45, 7) is 4.08. The maximum absolute atomic E-state index is 9.49. The number of nitriles is 1. The average molecular weight is 380 g/mol. The average Bonchev–Trinajstić information content (AvgIpc) is 3.15. The van der Waals surface area contributed by atoms with Crippen molar-refractivity contribution < 1.29 is 0 Å². The minimum atomic E-state index is 0.489. The number of aromatic nitrogens is 1. The maximum Gasteiger partial charge on any atom is 0.136 e. The van der Waals surface area contributed by atoms with Gasteiger partial charge in [0, 0.05) is 27.9 Å². The fraction of sp³-hybridized carbons (Fsp3) is 0.143. The Morgan fingerprint density at radius 3 is 2.69 bits per heavy atom. The van der Waals surface area contributed by atoms with Crippen molar-refractivity contribution in [1.29, 1.82) is 5.26 Å². The molecule has 0 bridgehead atoms. The minimum absolute atomic E-state index is 0.489. The van der Waals surface area contributed by atoms with Crippen molar-refractivity contribution in [3.05, 3.63) is 75.2 Å². The molecule has 0 radical (unpaired) electrons. The van der Waals surface area contributed by atoms with Crippen molar-refractivity contribution in [2.24, 2.45) is 0 Å². The first-order valence-electron chi connectivity index (χ1n) is 8.29. The van der Waals surface area contributed by atoms with E-state index in [4.69, 9.17) is 11.6 Å². The number of nitrogens with one attached hydrogen (secondary N) is 1. The number of nitrogens with zero attached hydrogens (tertiary/aromatic N) is 2. The molecule has 0 aliphatic rings. The van der Waals surface area contributed by atoms with Gasteiger partial charge in [-0.15, -0.1) is 11.3 Å². The topological polar surface area (TPSA) is 48.7 Å². The van der Waals surface area contributed by atoms with E-state index in [1.165, 1.54) is 16.9 Å². The van der Waals surface area contributed by atoms with Crippen molar-refractivity contribution in [2.45, 2.75) is 20.3 Å². The van der Waals surface area contributed by atoms with Crippen LogP contribution >= 0.6 is 22.9 Å². The molecule has 0 unspecified atom stereocenters. The van der Waals surface area contributed by atoms with Crippen molar-refractivity contribution >= 4 is 34.2 Å². The molecule has 26 heavy (non-hydrogen) atoms. The Bertz CT molecular complexity index is 981. The number of rotatable bonds is 5. The molecule has 1 aromatic heterocycles. The van der Waals surface area contributed by atoms with Crippen LogP contribution in [0.4, 0.5) is 5.69 Å². The number of aryl methyl sites for hydroxylation is 2. The summed E-state index contributed by atoms with van der Waals surface area (Å²) in [5.41, 5.74) is 5.57. The molecular formula is C21H18ClN3S. The predicted molar refractivity (Wildman–Crippen MR) is 110 cm³/mol. The highest BCUT2D eigenvalue weighted by Gasteiger charge is 2.09. The van der Waals surface area contributed by atoms with Gasteiger partial charge in [0.1, 0.15) is 16.6 Å². The largest absolute Gasteiger partial charge is 0.360 e. The highest BCUT2D eigenvalue weighted by Crippen LogP contribution is 2.27. The number of anilines is 1.